The molecule has 1 aliphatic rings. The molecule has 0 radical (unpaired) electrons. The van der Waals surface area contributed by atoms with Crippen LogP contribution in [0.5, 0.6) is 0 Å². The van der Waals surface area contributed by atoms with Crippen molar-refractivity contribution < 1.29 is 4.79 Å². The molecule has 0 bridgehead atoms. The van der Waals surface area contributed by atoms with E-state index in [0.29, 0.717) is 11.8 Å². The average molecular weight is 331 g/mol. The highest BCUT2D eigenvalue weighted by atomic mass is 79.9. The van der Waals surface area contributed by atoms with Gasteiger partial charge in [-0.2, -0.15) is 0 Å². The Morgan fingerprint density at radius 2 is 2.28 bits per heavy atom. The Balaban J connectivity index is 2.26. The standard InChI is InChI=1S/C14H17BrClNO/c1-9-5-6-17(13(9)8-16)14(18)12-4-3-11(15)7-10(12)2/h3-4,7,9,13H,5-6,8H2,1-2H3. The molecule has 1 heterocycles. The van der Waals surface area contributed by atoms with Gasteiger partial charge in [-0.05, 0) is 43.0 Å². The molecule has 1 aliphatic heterocycles. The molecule has 2 rings (SSSR count). The number of carbonyl (C=O) groups excluding carboxylic acids is 1. The first-order valence-electron chi connectivity index (χ1n) is 6.17. The zero-order valence-corrected chi connectivity index (χ0v) is 13.0. The lowest BCUT2D eigenvalue weighted by atomic mass is 10.0. The maximum Gasteiger partial charge on any atom is 0.254 e. The maximum absolute atomic E-state index is 12.5. The predicted molar refractivity (Wildman–Crippen MR) is 78.2 cm³/mol. The first-order chi connectivity index (χ1) is 8.54. The second-order valence-electron chi connectivity index (χ2n) is 4.95. The summed E-state index contributed by atoms with van der Waals surface area (Å²) < 4.78 is 1.00. The molecule has 1 aromatic carbocycles. The lowest BCUT2D eigenvalue weighted by Gasteiger charge is -2.25. The van der Waals surface area contributed by atoms with Gasteiger partial charge in [0, 0.05) is 28.5 Å². The Hall–Kier alpha value is -0.540. The third kappa shape index (κ3) is 2.57. The van der Waals surface area contributed by atoms with Gasteiger partial charge in [0.2, 0.25) is 0 Å². The van der Waals surface area contributed by atoms with Crippen molar-refractivity contribution in [2.45, 2.75) is 26.3 Å². The number of rotatable bonds is 2. The van der Waals surface area contributed by atoms with E-state index in [1.54, 1.807) is 0 Å². The van der Waals surface area contributed by atoms with Gasteiger partial charge in [-0.3, -0.25) is 4.79 Å². The summed E-state index contributed by atoms with van der Waals surface area (Å²) in [5.74, 6) is 1.11. The molecular weight excluding hydrogens is 314 g/mol. The van der Waals surface area contributed by atoms with Crippen LogP contribution < -0.4 is 0 Å². The summed E-state index contributed by atoms with van der Waals surface area (Å²) in [7, 11) is 0. The molecule has 4 heteroatoms. The van der Waals surface area contributed by atoms with E-state index in [-0.39, 0.29) is 11.9 Å². The van der Waals surface area contributed by atoms with Crippen LogP contribution in [0.25, 0.3) is 0 Å². The normalized spacial score (nSPS) is 23.4. The first-order valence-corrected chi connectivity index (χ1v) is 7.50. The molecule has 2 unspecified atom stereocenters. The molecule has 0 aliphatic carbocycles. The highest BCUT2D eigenvalue weighted by Crippen LogP contribution is 2.27. The van der Waals surface area contributed by atoms with Gasteiger partial charge in [-0.15, -0.1) is 11.6 Å². The van der Waals surface area contributed by atoms with E-state index in [1.165, 1.54) is 0 Å². The van der Waals surface area contributed by atoms with Crippen LogP contribution in [0.1, 0.15) is 29.3 Å². The van der Waals surface area contributed by atoms with Crippen LogP contribution in [0.3, 0.4) is 0 Å². The molecule has 2 atom stereocenters. The number of alkyl halides is 1. The fourth-order valence-corrected chi connectivity index (χ4v) is 3.46. The van der Waals surface area contributed by atoms with Gasteiger partial charge in [0.15, 0.2) is 0 Å². The minimum Gasteiger partial charge on any atom is -0.334 e. The minimum atomic E-state index is 0.106. The van der Waals surface area contributed by atoms with E-state index in [2.05, 4.69) is 22.9 Å². The maximum atomic E-state index is 12.5. The van der Waals surface area contributed by atoms with Crippen LogP contribution >= 0.6 is 27.5 Å². The van der Waals surface area contributed by atoms with Crippen molar-refractivity contribution in [3.63, 3.8) is 0 Å². The monoisotopic (exact) mass is 329 g/mol. The summed E-state index contributed by atoms with van der Waals surface area (Å²) in [4.78, 5) is 14.5. The lowest BCUT2D eigenvalue weighted by molar-refractivity contribution is 0.0736. The smallest absolute Gasteiger partial charge is 0.254 e. The van der Waals surface area contributed by atoms with E-state index >= 15 is 0 Å². The van der Waals surface area contributed by atoms with Gasteiger partial charge in [0.05, 0.1) is 0 Å². The van der Waals surface area contributed by atoms with Crippen molar-refractivity contribution in [2.75, 3.05) is 12.4 Å². The van der Waals surface area contributed by atoms with Crippen molar-refractivity contribution in [3.05, 3.63) is 33.8 Å². The molecule has 0 spiro atoms. The van der Waals surface area contributed by atoms with Gasteiger partial charge in [0.25, 0.3) is 5.91 Å². The lowest BCUT2D eigenvalue weighted by Crippen LogP contribution is -2.38. The van der Waals surface area contributed by atoms with Crippen molar-refractivity contribution in [1.82, 2.24) is 4.90 Å². The predicted octanol–water partition coefficient (Wildman–Crippen LogP) is 3.85. The first kappa shape index (κ1) is 13.9. The summed E-state index contributed by atoms with van der Waals surface area (Å²) in [5, 5.41) is 0. The Bertz CT molecular complexity index is 463. The molecule has 1 saturated heterocycles. The van der Waals surface area contributed by atoms with Crippen LogP contribution in [-0.4, -0.2) is 29.3 Å². The van der Waals surface area contributed by atoms with Gasteiger partial charge < -0.3 is 4.90 Å². The van der Waals surface area contributed by atoms with Gasteiger partial charge >= 0.3 is 0 Å². The van der Waals surface area contributed by atoms with E-state index < -0.39 is 0 Å². The summed E-state index contributed by atoms with van der Waals surface area (Å²) in [6.45, 7) is 4.94. The topological polar surface area (TPSA) is 20.3 Å². The van der Waals surface area contributed by atoms with Gasteiger partial charge in [0.1, 0.15) is 0 Å². The second-order valence-corrected chi connectivity index (χ2v) is 6.17. The van der Waals surface area contributed by atoms with Crippen LogP contribution in [0.4, 0.5) is 0 Å². The second kappa shape index (κ2) is 5.62. The van der Waals surface area contributed by atoms with Crippen molar-refractivity contribution in [3.8, 4) is 0 Å². The van der Waals surface area contributed by atoms with Crippen LogP contribution in [0.15, 0.2) is 22.7 Å². The third-order valence-corrected chi connectivity index (χ3v) is 4.53. The molecule has 1 fully saturated rings. The number of likely N-dealkylation sites (tertiary alicyclic amines) is 1. The third-order valence-electron chi connectivity index (χ3n) is 3.72. The number of benzene rings is 1. The number of hydrogen-bond donors (Lipinski definition) is 0. The average Bonchev–Trinajstić information content (AvgIpc) is 2.69. The molecule has 0 saturated carbocycles. The zero-order valence-electron chi connectivity index (χ0n) is 10.6. The number of halogens is 2. The highest BCUT2D eigenvalue weighted by molar-refractivity contribution is 9.10. The van der Waals surface area contributed by atoms with Crippen LogP contribution in [-0.2, 0) is 0 Å². The number of amides is 1. The van der Waals surface area contributed by atoms with Gasteiger partial charge in [-0.25, -0.2) is 0 Å². The van der Waals surface area contributed by atoms with Crippen molar-refractivity contribution >= 4 is 33.4 Å². The van der Waals surface area contributed by atoms with Crippen molar-refractivity contribution in [1.29, 1.82) is 0 Å². The van der Waals surface area contributed by atoms with Crippen LogP contribution in [0.2, 0.25) is 0 Å². The molecule has 18 heavy (non-hydrogen) atoms. The Morgan fingerprint density at radius 3 is 2.89 bits per heavy atom. The van der Waals surface area contributed by atoms with E-state index in [9.17, 15) is 4.79 Å². The van der Waals surface area contributed by atoms with E-state index in [1.807, 2.05) is 30.0 Å². The van der Waals surface area contributed by atoms with Crippen LogP contribution in [0, 0.1) is 12.8 Å². The largest absolute Gasteiger partial charge is 0.334 e. The van der Waals surface area contributed by atoms with Crippen molar-refractivity contribution in [2.24, 2.45) is 5.92 Å². The fourth-order valence-electron chi connectivity index (χ4n) is 2.52. The number of nitrogens with zero attached hydrogens (tertiary/aromatic N) is 1. The molecular formula is C14H17BrClNO. The minimum absolute atomic E-state index is 0.106. The Labute approximate surface area is 121 Å². The number of carbonyl (C=O) groups is 1. The summed E-state index contributed by atoms with van der Waals surface area (Å²) in [6, 6.07) is 5.94. The van der Waals surface area contributed by atoms with Gasteiger partial charge in [-0.1, -0.05) is 22.9 Å². The highest BCUT2D eigenvalue weighted by Gasteiger charge is 2.34. The quantitative estimate of drug-likeness (QED) is 0.754. The molecule has 98 valence electrons. The summed E-state index contributed by atoms with van der Waals surface area (Å²) >= 11 is 9.41. The molecule has 0 N–H and O–H groups in total. The van der Waals surface area contributed by atoms with E-state index in [0.717, 1.165) is 28.6 Å². The SMILES string of the molecule is Cc1cc(Br)ccc1C(=O)N1CCC(C)C1CCl. The molecule has 0 aromatic heterocycles. The molecule has 2 nitrogen and oxygen atoms in total. The number of aryl methyl sites for hydroxylation is 1. The zero-order chi connectivity index (χ0) is 13.3. The molecule has 1 amide bonds. The number of hydrogen-bond acceptors (Lipinski definition) is 1. The molecule has 1 aromatic rings. The Morgan fingerprint density at radius 1 is 1.56 bits per heavy atom. The Kier molecular flexibility index (Phi) is 4.33. The fraction of sp³-hybridized carbons (Fsp3) is 0.500. The summed E-state index contributed by atoms with van der Waals surface area (Å²) in [6.07, 6.45) is 1.04. The van der Waals surface area contributed by atoms with E-state index in [4.69, 9.17) is 11.6 Å². The summed E-state index contributed by atoms with van der Waals surface area (Å²) in [5.41, 5.74) is 1.78.